The van der Waals surface area contributed by atoms with E-state index in [1.165, 1.54) is 6.07 Å². The largest absolute Gasteiger partial charge is 0.267 e. The highest BCUT2D eigenvalue weighted by Crippen LogP contribution is 2.45. The predicted octanol–water partition coefficient (Wildman–Crippen LogP) is 4.14. The molecule has 0 saturated carbocycles. The minimum absolute atomic E-state index is 0.0514. The Morgan fingerprint density at radius 3 is 2.31 bits per heavy atom. The number of hydrogen-bond acceptors (Lipinski definition) is 1. The van der Waals surface area contributed by atoms with Crippen molar-refractivity contribution in [2.75, 3.05) is 13.1 Å². The van der Waals surface area contributed by atoms with Crippen molar-refractivity contribution in [3.63, 3.8) is 0 Å². The first kappa shape index (κ1) is 13.8. The number of alkyl halides is 2. The molecule has 1 aromatic rings. The summed E-state index contributed by atoms with van der Waals surface area (Å²) in [6.07, 6.45) is -2.46. The third-order valence-electron chi connectivity index (χ3n) is 2.35. The van der Waals surface area contributed by atoms with Crippen molar-refractivity contribution in [2.45, 2.75) is 20.3 Å². The summed E-state index contributed by atoms with van der Waals surface area (Å²) in [6, 6.07) is 6.51. The third kappa shape index (κ3) is 3.13. The van der Waals surface area contributed by atoms with Gasteiger partial charge in [-0.1, -0.05) is 49.4 Å². The van der Waals surface area contributed by atoms with Gasteiger partial charge in [-0.05, 0) is 0 Å². The van der Waals surface area contributed by atoms with E-state index < -0.39 is 13.9 Å². The number of benzene rings is 1. The number of nitrogens with zero attached hydrogens (tertiary/aromatic N) is 1. The summed E-state index contributed by atoms with van der Waals surface area (Å²) in [5.74, 6) is 0. The molecule has 0 N–H and O–H groups in total. The summed E-state index contributed by atoms with van der Waals surface area (Å²) in [6.45, 7) is 5.49. The molecule has 0 heterocycles. The van der Waals surface area contributed by atoms with Crippen LogP contribution in [0, 0.1) is 0 Å². The van der Waals surface area contributed by atoms with Crippen molar-refractivity contribution in [3.05, 3.63) is 29.8 Å². The lowest BCUT2D eigenvalue weighted by atomic mass is 10.2. The van der Waals surface area contributed by atoms with Crippen molar-refractivity contribution in [3.8, 4) is 0 Å². The standard InChI is InChI=1S/C11H15ClF2NP/c1-3-15(4-2)16(12)10-8-6-5-7-9(10)11(13)14/h5-8,11H,3-4H2,1-2H3. The van der Waals surface area contributed by atoms with E-state index in [-0.39, 0.29) is 5.56 Å². The van der Waals surface area contributed by atoms with Crippen LogP contribution in [0.2, 0.25) is 0 Å². The van der Waals surface area contributed by atoms with Gasteiger partial charge in [-0.3, -0.25) is 4.67 Å². The van der Waals surface area contributed by atoms with Gasteiger partial charge < -0.3 is 0 Å². The molecule has 0 aliphatic rings. The molecule has 0 amide bonds. The van der Waals surface area contributed by atoms with Crippen LogP contribution in [-0.4, -0.2) is 17.8 Å². The quantitative estimate of drug-likeness (QED) is 0.723. The van der Waals surface area contributed by atoms with Gasteiger partial charge in [-0.2, -0.15) is 0 Å². The maximum Gasteiger partial charge on any atom is 0.264 e. The van der Waals surface area contributed by atoms with Gasteiger partial charge in [0.25, 0.3) is 6.43 Å². The fraction of sp³-hybridized carbons (Fsp3) is 0.455. The molecular weight excluding hydrogens is 251 g/mol. The summed E-state index contributed by atoms with van der Waals surface area (Å²) < 4.78 is 27.6. The highest BCUT2D eigenvalue weighted by Gasteiger charge is 2.21. The number of halogens is 3. The Balaban J connectivity index is 3.02. The van der Waals surface area contributed by atoms with Gasteiger partial charge in [-0.15, -0.1) is 0 Å². The Kier molecular flexibility index (Phi) is 5.60. The molecule has 0 saturated heterocycles. The molecule has 0 bridgehead atoms. The van der Waals surface area contributed by atoms with Gasteiger partial charge in [0, 0.05) is 24.0 Å². The second kappa shape index (κ2) is 6.48. The molecule has 1 rings (SSSR count). The van der Waals surface area contributed by atoms with E-state index in [1.807, 2.05) is 18.5 Å². The normalized spacial score (nSPS) is 13.4. The van der Waals surface area contributed by atoms with Crippen LogP contribution in [0.1, 0.15) is 25.8 Å². The van der Waals surface area contributed by atoms with Crippen LogP contribution in [0.15, 0.2) is 24.3 Å². The van der Waals surface area contributed by atoms with E-state index in [0.717, 1.165) is 13.1 Å². The van der Waals surface area contributed by atoms with Crippen LogP contribution in [0.3, 0.4) is 0 Å². The van der Waals surface area contributed by atoms with E-state index in [2.05, 4.69) is 0 Å². The van der Waals surface area contributed by atoms with Crippen molar-refractivity contribution in [1.82, 2.24) is 4.67 Å². The summed E-state index contributed by atoms with van der Waals surface area (Å²) in [4.78, 5) is 0. The molecule has 1 atom stereocenters. The van der Waals surface area contributed by atoms with Crippen LogP contribution in [0.25, 0.3) is 0 Å². The second-order valence-corrected chi connectivity index (χ2v) is 5.79. The molecule has 0 aliphatic heterocycles. The Morgan fingerprint density at radius 1 is 1.25 bits per heavy atom. The van der Waals surface area contributed by atoms with Crippen molar-refractivity contribution < 1.29 is 8.78 Å². The Bertz CT molecular complexity index is 332. The lowest BCUT2D eigenvalue weighted by Crippen LogP contribution is -2.22. The summed E-state index contributed by atoms with van der Waals surface area (Å²) in [5.41, 5.74) is 0.0514. The molecule has 0 aliphatic carbocycles. The molecule has 1 aromatic carbocycles. The molecule has 90 valence electrons. The molecule has 1 nitrogen and oxygen atoms in total. The molecular formula is C11H15ClF2NP. The molecule has 16 heavy (non-hydrogen) atoms. The Hall–Kier alpha value is -0.240. The average molecular weight is 266 g/mol. The third-order valence-corrected chi connectivity index (χ3v) is 5.40. The zero-order chi connectivity index (χ0) is 12.1. The summed E-state index contributed by atoms with van der Waals surface area (Å²) in [7, 11) is -1.17. The molecule has 5 heteroatoms. The Morgan fingerprint density at radius 2 is 1.81 bits per heavy atom. The van der Waals surface area contributed by atoms with Crippen LogP contribution in [0.5, 0.6) is 0 Å². The first-order valence-electron chi connectivity index (χ1n) is 5.19. The van der Waals surface area contributed by atoms with Gasteiger partial charge >= 0.3 is 0 Å². The molecule has 1 unspecified atom stereocenters. The average Bonchev–Trinajstić information content (AvgIpc) is 2.30. The molecule has 0 spiro atoms. The fourth-order valence-electron chi connectivity index (χ4n) is 1.46. The zero-order valence-electron chi connectivity index (χ0n) is 9.33. The predicted molar refractivity (Wildman–Crippen MR) is 66.7 cm³/mol. The SMILES string of the molecule is CCN(CC)P(Cl)c1ccccc1C(F)F. The van der Waals surface area contributed by atoms with Crippen LogP contribution in [0.4, 0.5) is 8.78 Å². The van der Waals surface area contributed by atoms with Crippen molar-refractivity contribution in [2.24, 2.45) is 0 Å². The maximum atomic E-state index is 12.8. The number of rotatable bonds is 5. The van der Waals surface area contributed by atoms with Gasteiger partial charge in [0.1, 0.15) is 0 Å². The first-order chi connectivity index (χ1) is 7.61. The highest BCUT2D eigenvalue weighted by atomic mass is 35.7. The smallest absolute Gasteiger partial charge is 0.264 e. The maximum absolute atomic E-state index is 12.8. The van der Waals surface area contributed by atoms with Crippen LogP contribution < -0.4 is 5.30 Å². The van der Waals surface area contributed by atoms with Crippen molar-refractivity contribution >= 4 is 24.0 Å². The summed E-state index contributed by atoms with van der Waals surface area (Å²) >= 11 is 6.28. The van der Waals surface area contributed by atoms with Gasteiger partial charge in [0.15, 0.2) is 0 Å². The van der Waals surface area contributed by atoms with E-state index >= 15 is 0 Å². The minimum atomic E-state index is -2.46. The van der Waals surface area contributed by atoms with Gasteiger partial charge in [0.05, 0.1) is 7.43 Å². The first-order valence-corrected chi connectivity index (χ1v) is 7.39. The van der Waals surface area contributed by atoms with Gasteiger partial charge in [0.2, 0.25) is 0 Å². The van der Waals surface area contributed by atoms with E-state index in [0.29, 0.717) is 5.30 Å². The second-order valence-electron chi connectivity index (χ2n) is 3.26. The van der Waals surface area contributed by atoms with Crippen LogP contribution in [-0.2, 0) is 0 Å². The van der Waals surface area contributed by atoms with E-state index in [9.17, 15) is 8.78 Å². The topological polar surface area (TPSA) is 3.24 Å². The highest BCUT2D eigenvalue weighted by molar-refractivity contribution is 7.88. The van der Waals surface area contributed by atoms with Crippen molar-refractivity contribution in [1.29, 1.82) is 0 Å². The monoisotopic (exact) mass is 265 g/mol. The lowest BCUT2D eigenvalue weighted by molar-refractivity contribution is 0.152. The fourth-order valence-corrected chi connectivity index (χ4v) is 3.96. The van der Waals surface area contributed by atoms with E-state index in [4.69, 9.17) is 11.2 Å². The molecule has 0 fully saturated rings. The summed E-state index contributed by atoms with van der Waals surface area (Å²) in [5, 5.41) is 0.567. The Labute approximate surface area is 101 Å². The molecule has 0 radical (unpaired) electrons. The van der Waals surface area contributed by atoms with Gasteiger partial charge in [-0.25, -0.2) is 8.78 Å². The molecule has 0 aromatic heterocycles. The number of hydrogen-bond donors (Lipinski definition) is 0. The zero-order valence-corrected chi connectivity index (χ0v) is 11.0. The van der Waals surface area contributed by atoms with E-state index in [1.54, 1.807) is 18.2 Å². The minimum Gasteiger partial charge on any atom is -0.267 e. The lowest BCUT2D eigenvalue weighted by Gasteiger charge is -2.25. The van der Waals surface area contributed by atoms with Crippen LogP contribution >= 0.6 is 18.7 Å².